The number of benzene rings is 1. The van der Waals surface area contributed by atoms with Gasteiger partial charge in [0.25, 0.3) is 0 Å². The molecule has 0 saturated carbocycles. The largest absolute Gasteiger partial charge is 0.361 e. The molecule has 1 aliphatic heterocycles. The maximum absolute atomic E-state index is 14.0. The van der Waals surface area contributed by atoms with Crippen molar-refractivity contribution in [1.82, 2.24) is 15.4 Å². The van der Waals surface area contributed by atoms with Crippen molar-refractivity contribution < 1.29 is 13.7 Å². The number of aromatic nitrogens is 1. The van der Waals surface area contributed by atoms with Gasteiger partial charge in [-0.25, -0.2) is 4.39 Å². The highest BCUT2D eigenvalue weighted by molar-refractivity contribution is 5.84. The molecular weight excluding hydrogens is 309 g/mol. The van der Waals surface area contributed by atoms with Crippen molar-refractivity contribution in [3.05, 3.63) is 52.7 Å². The van der Waals surface area contributed by atoms with Crippen LogP contribution in [0.3, 0.4) is 0 Å². The van der Waals surface area contributed by atoms with Gasteiger partial charge in [0.2, 0.25) is 5.91 Å². The molecule has 2 heterocycles. The summed E-state index contributed by atoms with van der Waals surface area (Å²) < 4.78 is 19.2. The van der Waals surface area contributed by atoms with Crippen molar-refractivity contribution in [3.8, 4) is 0 Å². The zero-order chi connectivity index (χ0) is 17.3. The topological polar surface area (TPSA) is 58.4 Å². The number of carbonyl (C=O) groups excluding carboxylic acids is 1. The molecule has 0 atom stereocenters. The van der Waals surface area contributed by atoms with Crippen LogP contribution in [0.5, 0.6) is 0 Å². The minimum atomic E-state index is -0.587. The smallest absolute Gasteiger partial charge is 0.231 e. The Labute approximate surface area is 140 Å². The van der Waals surface area contributed by atoms with E-state index in [1.807, 2.05) is 13.8 Å². The van der Waals surface area contributed by atoms with Gasteiger partial charge in [-0.15, -0.1) is 0 Å². The number of amides is 1. The molecule has 1 saturated heterocycles. The van der Waals surface area contributed by atoms with Gasteiger partial charge in [0.15, 0.2) is 0 Å². The van der Waals surface area contributed by atoms with Crippen LogP contribution in [0.2, 0.25) is 0 Å². The number of rotatable bonds is 5. The third-order valence-corrected chi connectivity index (χ3v) is 4.79. The minimum absolute atomic E-state index is 0.0181. The standard InChI is InChI=1S/C18H22FN3O2/c1-12-15(13(2)24-21-12)9-22(3)17(23)18(10-20-11-18)8-14-6-4-5-7-16(14)19/h4-7,20H,8-11H2,1-3H3. The Kier molecular flexibility index (Phi) is 4.41. The molecule has 24 heavy (non-hydrogen) atoms. The van der Waals surface area contributed by atoms with E-state index in [4.69, 9.17) is 4.52 Å². The van der Waals surface area contributed by atoms with E-state index in [1.54, 1.807) is 30.1 Å². The molecule has 0 radical (unpaired) electrons. The third-order valence-electron chi connectivity index (χ3n) is 4.79. The maximum atomic E-state index is 14.0. The van der Waals surface area contributed by atoms with Crippen LogP contribution in [0.4, 0.5) is 4.39 Å². The minimum Gasteiger partial charge on any atom is -0.361 e. The quantitative estimate of drug-likeness (QED) is 0.913. The van der Waals surface area contributed by atoms with E-state index >= 15 is 0 Å². The first kappa shape index (κ1) is 16.6. The number of halogens is 1. The summed E-state index contributed by atoms with van der Waals surface area (Å²) in [6.07, 6.45) is 0.400. The summed E-state index contributed by atoms with van der Waals surface area (Å²) in [4.78, 5) is 14.7. The number of nitrogens with zero attached hydrogens (tertiary/aromatic N) is 2. The highest BCUT2D eigenvalue weighted by atomic mass is 19.1. The molecule has 3 rings (SSSR count). The van der Waals surface area contributed by atoms with Gasteiger partial charge < -0.3 is 14.7 Å². The third kappa shape index (κ3) is 2.94. The Balaban J connectivity index is 1.77. The summed E-state index contributed by atoms with van der Waals surface area (Å²) >= 11 is 0. The molecule has 1 fully saturated rings. The predicted octanol–water partition coefficient (Wildman–Crippen LogP) is 2.22. The van der Waals surface area contributed by atoms with E-state index in [9.17, 15) is 9.18 Å². The van der Waals surface area contributed by atoms with Crippen molar-refractivity contribution in [2.75, 3.05) is 20.1 Å². The van der Waals surface area contributed by atoms with E-state index in [-0.39, 0.29) is 11.7 Å². The summed E-state index contributed by atoms with van der Waals surface area (Å²) in [6, 6.07) is 6.65. The van der Waals surface area contributed by atoms with Crippen LogP contribution >= 0.6 is 0 Å². The Morgan fingerprint density at radius 3 is 2.62 bits per heavy atom. The van der Waals surface area contributed by atoms with E-state index in [0.717, 1.165) is 17.0 Å². The average molecular weight is 331 g/mol. The number of aryl methyl sites for hydroxylation is 2. The highest BCUT2D eigenvalue weighted by Crippen LogP contribution is 2.31. The molecule has 1 aromatic heterocycles. The summed E-state index contributed by atoms with van der Waals surface area (Å²) in [6.45, 7) is 5.27. The first-order chi connectivity index (χ1) is 11.4. The summed E-state index contributed by atoms with van der Waals surface area (Å²) in [5.41, 5.74) is 1.72. The van der Waals surface area contributed by atoms with Gasteiger partial charge in [-0.1, -0.05) is 23.4 Å². The summed E-state index contributed by atoms with van der Waals surface area (Å²) in [5, 5.41) is 7.09. The second kappa shape index (κ2) is 6.36. The zero-order valence-electron chi connectivity index (χ0n) is 14.2. The van der Waals surface area contributed by atoms with Crippen LogP contribution in [0.15, 0.2) is 28.8 Å². The normalized spacial score (nSPS) is 15.8. The van der Waals surface area contributed by atoms with Crippen molar-refractivity contribution >= 4 is 5.91 Å². The van der Waals surface area contributed by atoms with E-state index < -0.39 is 5.41 Å². The fourth-order valence-corrected chi connectivity index (χ4v) is 3.23. The van der Waals surface area contributed by atoms with Crippen molar-refractivity contribution in [2.45, 2.75) is 26.8 Å². The van der Waals surface area contributed by atoms with Crippen LogP contribution in [-0.4, -0.2) is 36.1 Å². The number of hydrogen-bond donors (Lipinski definition) is 1. The molecule has 0 spiro atoms. The monoisotopic (exact) mass is 331 g/mol. The van der Waals surface area contributed by atoms with Crippen molar-refractivity contribution in [2.24, 2.45) is 5.41 Å². The first-order valence-electron chi connectivity index (χ1n) is 8.04. The number of carbonyl (C=O) groups is 1. The maximum Gasteiger partial charge on any atom is 0.231 e. The van der Waals surface area contributed by atoms with Crippen molar-refractivity contribution in [3.63, 3.8) is 0 Å². The molecular formula is C18H22FN3O2. The lowest BCUT2D eigenvalue weighted by molar-refractivity contribution is -0.144. The molecule has 2 aromatic rings. The number of hydrogen-bond acceptors (Lipinski definition) is 4. The average Bonchev–Trinajstić information content (AvgIpc) is 2.83. The SMILES string of the molecule is Cc1noc(C)c1CN(C)C(=O)C1(Cc2ccccc2F)CNC1. The van der Waals surface area contributed by atoms with Crippen LogP contribution < -0.4 is 5.32 Å². The lowest BCUT2D eigenvalue weighted by atomic mass is 9.75. The zero-order valence-corrected chi connectivity index (χ0v) is 14.2. The van der Waals surface area contributed by atoms with Gasteiger partial charge in [-0.2, -0.15) is 0 Å². The van der Waals surface area contributed by atoms with Crippen LogP contribution in [0, 0.1) is 25.1 Å². The summed E-state index contributed by atoms with van der Waals surface area (Å²) in [7, 11) is 1.77. The van der Waals surface area contributed by atoms with Gasteiger partial charge in [0, 0.05) is 25.7 Å². The molecule has 1 amide bonds. The van der Waals surface area contributed by atoms with Crippen LogP contribution in [0.1, 0.15) is 22.6 Å². The molecule has 128 valence electrons. The molecule has 0 aliphatic carbocycles. The van der Waals surface area contributed by atoms with E-state index in [1.165, 1.54) is 6.07 Å². The number of nitrogens with one attached hydrogen (secondary N) is 1. The highest BCUT2D eigenvalue weighted by Gasteiger charge is 2.46. The molecule has 1 aromatic carbocycles. The lowest BCUT2D eigenvalue weighted by Gasteiger charge is -2.43. The predicted molar refractivity (Wildman–Crippen MR) is 87.9 cm³/mol. The lowest BCUT2D eigenvalue weighted by Crippen LogP contribution is -2.62. The van der Waals surface area contributed by atoms with Crippen LogP contribution in [-0.2, 0) is 17.8 Å². The molecule has 0 unspecified atom stereocenters. The second-order valence-corrected chi connectivity index (χ2v) is 6.62. The van der Waals surface area contributed by atoms with Crippen molar-refractivity contribution in [1.29, 1.82) is 0 Å². The Morgan fingerprint density at radius 1 is 1.38 bits per heavy atom. The van der Waals surface area contributed by atoms with Gasteiger partial charge in [-0.3, -0.25) is 4.79 Å². The molecule has 1 aliphatic rings. The Morgan fingerprint density at radius 2 is 2.08 bits per heavy atom. The first-order valence-corrected chi connectivity index (χ1v) is 8.04. The summed E-state index contributed by atoms with van der Waals surface area (Å²) in [5.74, 6) is 0.483. The van der Waals surface area contributed by atoms with Gasteiger partial charge in [-0.05, 0) is 31.9 Å². The molecule has 6 heteroatoms. The fourth-order valence-electron chi connectivity index (χ4n) is 3.23. The van der Waals surface area contributed by atoms with Gasteiger partial charge in [0.1, 0.15) is 11.6 Å². The molecule has 0 bridgehead atoms. The van der Waals surface area contributed by atoms with Gasteiger partial charge >= 0.3 is 0 Å². The molecule has 5 nitrogen and oxygen atoms in total. The van der Waals surface area contributed by atoms with Crippen LogP contribution in [0.25, 0.3) is 0 Å². The second-order valence-electron chi connectivity index (χ2n) is 6.62. The Hall–Kier alpha value is -2.21. The Bertz CT molecular complexity index is 733. The van der Waals surface area contributed by atoms with Gasteiger partial charge in [0.05, 0.1) is 17.7 Å². The van der Waals surface area contributed by atoms with E-state index in [0.29, 0.717) is 31.6 Å². The molecule has 1 N–H and O–H groups in total. The fraction of sp³-hybridized carbons (Fsp3) is 0.444. The van der Waals surface area contributed by atoms with E-state index in [2.05, 4.69) is 10.5 Å².